The average molecular weight is 315 g/mol. The molecule has 3 rings (SSSR count). The highest BCUT2D eigenvalue weighted by atomic mass is 16.5. The number of aromatic nitrogens is 2. The van der Waals surface area contributed by atoms with Gasteiger partial charge in [0.15, 0.2) is 0 Å². The summed E-state index contributed by atoms with van der Waals surface area (Å²) in [5.74, 6) is 0.652. The second-order valence-electron chi connectivity index (χ2n) is 5.73. The Hall–Kier alpha value is -2.37. The van der Waals surface area contributed by atoms with Crippen LogP contribution in [0.4, 0.5) is 6.01 Å². The molecule has 6 nitrogen and oxygen atoms in total. The summed E-state index contributed by atoms with van der Waals surface area (Å²) in [4.78, 5) is 11.7. The maximum atomic E-state index is 11.7. The Kier molecular flexibility index (Phi) is 4.60. The zero-order chi connectivity index (χ0) is 16.2. The number of hydrogen-bond acceptors (Lipinski definition) is 6. The van der Waals surface area contributed by atoms with E-state index in [0.29, 0.717) is 29.9 Å². The van der Waals surface area contributed by atoms with Crippen molar-refractivity contribution < 1.29 is 13.9 Å². The molecular formula is C17H21N3O3. The van der Waals surface area contributed by atoms with Gasteiger partial charge in [0.25, 0.3) is 0 Å². The van der Waals surface area contributed by atoms with Crippen LogP contribution in [0, 0.1) is 0 Å². The molecule has 1 unspecified atom stereocenters. The molecule has 6 heteroatoms. The van der Waals surface area contributed by atoms with Gasteiger partial charge in [0.1, 0.15) is 0 Å². The molecule has 122 valence electrons. The van der Waals surface area contributed by atoms with Crippen LogP contribution < -0.4 is 5.32 Å². The molecule has 0 fully saturated rings. The first-order valence-corrected chi connectivity index (χ1v) is 7.98. The van der Waals surface area contributed by atoms with Gasteiger partial charge in [-0.3, -0.25) is 0 Å². The number of carbonyl (C=O) groups is 1. The topological polar surface area (TPSA) is 77.2 Å². The van der Waals surface area contributed by atoms with Gasteiger partial charge in [-0.15, -0.1) is 5.10 Å². The van der Waals surface area contributed by atoms with Gasteiger partial charge < -0.3 is 14.5 Å². The Morgan fingerprint density at radius 2 is 2.30 bits per heavy atom. The van der Waals surface area contributed by atoms with Crippen molar-refractivity contribution in [3.8, 4) is 0 Å². The van der Waals surface area contributed by atoms with E-state index >= 15 is 0 Å². The molecule has 0 bridgehead atoms. The summed E-state index contributed by atoms with van der Waals surface area (Å²) < 4.78 is 10.3. The number of rotatable bonds is 5. The fraction of sp³-hybridized carbons (Fsp3) is 0.471. The number of carbonyl (C=O) groups excluding carboxylic acids is 1. The van der Waals surface area contributed by atoms with Crippen LogP contribution in [0.3, 0.4) is 0 Å². The van der Waals surface area contributed by atoms with Gasteiger partial charge in [-0.2, -0.15) is 0 Å². The molecule has 1 aliphatic carbocycles. The maximum Gasteiger partial charge on any atom is 0.337 e. The summed E-state index contributed by atoms with van der Waals surface area (Å²) in [6, 6.07) is 6.29. The van der Waals surface area contributed by atoms with E-state index in [4.69, 9.17) is 9.15 Å². The number of esters is 1. The second-order valence-corrected chi connectivity index (χ2v) is 5.73. The van der Waals surface area contributed by atoms with Crippen molar-refractivity contribution in [1.29, 1.82) is 0 Å². The minimum Gasteiger partial charge on any atom is -0.465 e. The molecule has 0 saturated heterocycles. The lowest BCUT2D eigenvalue weighted by molar-refractivity contribution is 0.0600. The van der Waals surface area contributed by atoms with Crippen LogP contribution in [0.1, 0.15) is 53.1 Å². The molecule has 0 saturated carbocycles. The second kappa shape index (κ2) is 6.81. The average Bonchev–Trinajstić information content (AvgIpc) is 3.06. The number of benzene rings is 1. The van der Waals surface area contributed by atoms with Crippen LogP contribution in [0.5, 0.6) is 0 Å². The van der Waals surface area contributed by atoms with E-state index in [0.717, 1.165) is 25.7 Å². The third kappa shape index (κ3) is 3.36. The molecule has 0 aliphatic heterocycles. The Labute approximate surface area is 135 Å². The predicted molar refractivity (Wildman–Crippen MR) is 85.6 cm³/mol. The lowest BCUT2D eigenvalue weighted by Gasteiger charge is -2.26. The quantitative estimate of drug-likeness (QED) is 0.855. The molecule has 1 aliphatic rings. The van der Waals surface area contributed by atoms with Crippen molar-refractivity contribution in [2.45, 2.75) is 38.5 Å². The van der Waals surface area contributed by atoms with E-state index in [2.05, 4.69) is 15.5 Å². The van der Waals surface area contributed by atoms with E-state index in [1.165, 1.54) is 18.2 Å². The Balaban J connectivity index is 1.75. The highest BCUT2D eigenvalue weighted by molar-refractivity contribution is 5.89. The first-order chi connectivity index (χ1) is 11.2. The molecule has 2 aromatic rings. The number of fused-ring (bicyclic) bond motifs is 1. The monoisotopic (exact) mass is 315 g/mol. The summed E-state index contributed by atoms with van der Waals surface area (Å²) in [6.45, 7) is 2.69. The third-order valence-corrected chi connectivity index (χ3v) is 4.27. The molecular weight excluding hydrogens is 294 g/mol. The highest BCUT2D eigenvalue weighted by Crippen LogP contribution is 2.32. The van der Waals surface area contributed by atoms with Crippen molar-refractivity contribution in [2.24, 2.45) is 0 Å². The Morgan fingerprint density at radius 3 is 3.04 bits per heavy atom. The van der Waals surface area contributed by atoms with Gasteiger partial charge in [-0.1, -0.05) is 18.1 Å². The number of nitrogens with one attached hydrogen (secondary N) is 1. The van der Waals surface area contributed by atoms with Gasteiger partial charge in [0.2, 0.25) is 5.89 Å². The van der Waals surface area contributed by atoms with E-state index in [1.807, 2.05) is 25.1 Å². The van der Waals surface area contributed by atoms with Crippen LogP contribution in [-0.4, -0.2) is 29.8 Å². The maximum absolute atomic E-state index is 11.7. The van der Waals surface area contributed by atoms with Crippen molar-refractivity contribution in [2.75, 3.05) is 19.0 Å². The third-order valence-electron chi connectivity index (χ3n) is 4.27. The Bertz CT molecular complexity index is 696. The van der Waals surface area contributed by atoms with Gasteiger partial charge >= 0.3 is 12.0 Å². The van der Waals surface area contributed by atoms with Crippen molar-refractivity contribution in [3.05, 3.63) is 40.8 Å². The normalized spacial score (nSPS) is 16.7. The lowest BCUT2D eigenvalue weighted by Crippen LogP contribution is -2.19. The largest absolute Gasteiger partial charge is 0.465 e. The van der Waals surface area contributed by atoms with Crippen LogP contribution >= 0.6 is 0 Å². The van der Waals surface area contributed by atoms with E-state index in [-0.39, 0.29) is 5.97 Å². The SMILES string of the molecule is CCc1nnc(NCC2CCCc3ccc(C(=O)OC)cc32)o1. The van der Waals surface area contributed by atoms with E-state index in [1.54, 1.807) is 0 Å². The summed E-state index contributed by atoms with van der Waals surface area (Å²) in [5.41, 5.74) is 3.11. The molecule has 0 radical (unpaired) electrons. The fourth-order valence-corrected chi connectivity index (χ4v) is 3.03. The molecule has 1 heterocycles. The smallest absolute Gasteiger partial charge is 0.337 e. The molecule has 23 heavy (non-hydrogen) atoms. The minimum absolute atomic E-state index is 0.297. The van der Waals surface area contributed by atoms with Crippen molar-refractivity contribution in [3.63, 3.8) is 0 Å². The number of hydrogen-bond donors (Lipinski definition) is 1. The first-order valence-electron chi connectivity index (χ1n) is 7.98. The standard InChI is InChI=1S/C17H21N3O3/c1-3-15-19-20-17(23-15)18-10-13-6-4-5-11-7-8-12(9-14(11)13)16(21)22-2/h7-9,13H,3-6,10H2,1-2H3,(H,18,20). The highest BCUT2D eigenvalue weighted by Gasteiger charge is 2.22. The minimum atomic E-state index is -0.297. The molecule has 0 amide bonds. The zero-order valence-corrected chi connectivity index (χ0v) is 13.5. The number of aryl methyl sites for hydroxylation is 2. The summed E-state index contributed by atoms with van der Waals surface area (Å²) in [6.07, 6.45) is 3.98. The van der Waals surface area contributed by atoms with Gasteiger partial charge in [0, 0.05) is 18.9 Å². The van der Waals surface area contributed by atoms with Crippen molar-refractivity contribution >= 4 is 12.0 Å². The van der Waals surface area contributed by atoms with Crippen LogP contribution in [0.15, 0.2) is 22.6 Å². The predicted octanol–water partition coefficient (Wildman–Crippen LogP) is 2.95. The molecule has 1 aromatic carbocycles. The zero-order valence-electron chi connectivity index (χ0n) is 13.5. The summed E-state index contributed by atoms with van der Waals surface area (Å²) in [7, 11) is 1.40. The molecule has 1 N–H and O–H groups in total. The molecule has 1 atom stereocenters. The molecule has 0 spiro atoms. The van der Waals surface area contributed by atoms with E-state index < -0.39 is 0 Å². The Morgan fingerprint density at radius 1 is 1.43 bits per heavy atom. The fourth-order valence-electron chi connectivity index (χ4n) is 3.03. The van der Waals surface area contributed by atoms with Crippen LogP contribution in [0.25, 0.3) is 0 Å². The van der Waals surface area contributed by atoms with E-state index in [9.17, 15) is 4.79 Å². The summed E-state index contributed by atoms with van der Waals surface area (Å²) >= 11 is 0. The van der Waals surface area contributed by atoms with Gasteiger partial charge in [0.05, 0.1) is 12.7 Å². The van der Waals surface area contributed by atoms with Crippen molar-refractivity contribution in [1.82, 2.24) is 10.2 Å². The van der Waals surface area contributed by atoms with Crippen LogP contribution in [0.2, 0.25) is 0 Å². The number of methoxy groups -OCH3 is 1. The number of anilines is 1. The van der Waals surface area contributed by atoms with Gasteiger partial charge in [-0.05, 0) is 42.5 Å². The van der Waals surface area contributed by atoms with Gasteiger partial charge in [-0.25, -0.2) is 4.79 Å². The first kappa shape index (κ1) is 15.5. The summed E-state index contributed by atoms with van der Waals surface area (Å²) in [5, 5.41) is 11.2. The van der Waals surface area contributed by atoms with Crippen LogP contribution in [-0.2, 0) is 17.6 Å². The lowest BCUT2D eigenvalue weighted by atomic mass is 9.82. The number of ether oxygens (including phenoxy) is 1. The number of nitrogens with zero attached hydrogens (tertiary/aromatic N) is 2. The molecule has 1 aromatic heterocycles.